The third kappa shape index (κ3) is 3.09. The number of aromatic nitrogens is 4. The van der Waals surface area contributed by atoms with Crippen molar-refractivity contribution in [2.24, 2.45) is 14.1 Å². The molecule has 1 unspecified atom stereocenters. The highest BCUT2D eigenvalue weighted by Crippen LogP contribution is 2.10. The molecule has 9 heteroatoms. The van der Waals surface area contributed by atoms with E-state index in [9.17, 15) is 9.59 Å². The van der Waals surface area contributed by atoms with Crippen LogP contribution in [-0.2, 0) is 14.1 Å². The lowest BCUT2D eigenvalue weighted by atomic mass is 10.2. The molecular formula is C15H25N7O2. The minimum Gasteiger partial charge on any atom is -0.339 e. The van der Waals surface area contributed by atoms with E-state index in [4.69, 9.17) is 0 Å². The van der Waals surface area contributed by atoms with Gasteiger partial charge in [-0.3, -0.25) is 24.1 Å². The standard InChI is InChI=1S/C15H25N7O2/c1-4-5-7-22-8-6-16-10(9-22)17-14-18-11-12(19-14)20(2)15(24)21(3)13(11)23/h10,16H,4-9H2,1-3H3,(H2,17,18,19). The van der Waals surface area contributed by atoms with E-state index in [2.05, 4.69) is 32.4 Å². The Morgan fingerprint density at radius 1 is 1.29 bits per heavy atom. The van der Waals surface area contributed by atoms with Crippen LogP contribution in [0, 0.1) is 0 Å². The Bertz CT molecular complexity index is 835. The van der Waals surface area contributed by atoms with Gasteiger partial charge in [-0.15, -0.1) is 0 Å². The molecular weight excluding hydrogens is 310 g/mol. The normalized spacial score (nSPS) is 19.0. The van der Waals surface area contributed by atoms with Crippen molar-refractivity contribution >= 4 is 17.1 Å². The third-order valence-electron chi connectivity index (χ3n) is 4.49. The van der Waals surface area contributed by atoms with E-state index in [-0.39, 0.29) is 17.4 Å². The first-order chi connectivity index (χ1) is 11.5. The number of anilines is 1. The van der Waals surface area contributed by atoms with Crippen LogP contribution in [0.25, 0.3) is 11.2 Å². The molecule has 1 fully saturated rings. The number of hydrogen-bond donors (Lipinski definition) is 3. The van der Waals surface area contributed by atoms with E-state index in [1.165, 1.54) is 24.5 Å². The molecule has 1 saturated heterocycles. The summed E-state index contributed by atoms with van der Waals surface area (Å²) in [5.74, 6) is 0.498. The molecule has 3 rings (SSSR count). The smallest absolute Gasteiger partial charge is 0.332 e. The molecule has 2 aromatic heterocycles. The zero-order chi connectivity index (χ0) is 17.3. The topological polar surface area (TPSA) is 100.0 Å². The first-order valence-electron chi connectivity index (χ1n) is 8.39. The molecule has 0 spiro atoms. The summed E-state index contributed by atoms with van der Waals surface area (Å²) in [5, 5.41) is 6.69. The molecule has 0 aliphatic carbocycles. The average Bonchev–Trinajstić information content (AvgIpc) is 3.00. The van der Waals surface area contributed by atoms with Gasteiger partial charge < -0.3 is 10.3 Å². The van der Waals surface area contributed by atoms with Gasteiger partial charge in [0, 0.05) is 33.7 Å². The Labute approximate surface area is 139 Å². The Kier molecular flexibility index (Phi) is 4.72. The number of fused-ring (bicyclic) bond motifs is 1. The summed E-state index contributed by atoms with van der Waals surface area (Å²) < 4.78 is 2.45. The van der Waals surface area contributed by atoms with Crippen LogP contribution in [0.15, 0.2) is 9.59 Å². The second-order valence-electron chi connectivity index (χ2n) is 6.29. The lowest BCUT2D eigenvalue weighted by Gasteiger charge is -2.33. The zero-order valence-corrected chi connectivity index (χ0v) is 14.4. The quantitative estimate of drug-likeness (QED) is 0.675. The van der Waals surface area contributed by atoms with Crippen LogP contribution in [0.2, 0.25) is 0 Å². The van der Waals surface area contributed by atoms with E-state index in [1.54, 1.807) is 7.05 Å². The van der Waals surface area contributed by atoms with Crippen LogP contribution in [0.5, 0.6) is 0 Å². The van der Waals surface area contributed by atoms with Gasteiger partial charge in [0.2, 0.25) is 5.95 Å². The highest BCUT2D eigenvalue weighted by atomic mass is 16.2. The van der Waals surface area contributed by atoms with Crippen LogP contribution in [0.1, 0.15) is 19.8 Å². The van der Waals surface area contributed by atoms with E-state index < -0.39 is 0 Å². The van der Waals surface area contributed by atoms with Crippen molar-refractivity contribution in [3.63, 3.8) is 0 Å². The Balaban J connectivity index is 1.81. The van der Waals surface area contributed by atoms with Crippen LogP contribution < -0.4 is 21.9 Å². The van der Waals surface area contributed by atoms with E-state index >= 15 is 0 Å². The van der Waals surface area contributed by atoms with Crippen molar-refractivity contribution in [3.8, 4) is 0 Å². The van der Waals surface area contributed by atoms with Crippen LogP contribution >= 0.6 is 0 Å². The Morgan fingerprint density at radius 3 is 2.83 bits per heavy atom. The molecule has 9 nitrogen and oxygen atoms in total. The van der Waals surface area contributed by atoms with Gasteiger partial charge in [-0.25, -0.2) is 4.79 Å². The first-order valence-corrected chi connectivity index (χ1v) is 8.39. The predicted molar refractivity (Wildman–Crippen MR) is 93.3 cm³/mol. The summed E-state index contributed by atoms with van der Waals surface area (Å²) in [6.07, 6.45) is 2.43. The minimum absolute atomic E-state index is 0.0528. The summed E-state index contributed by atoms with van der Waals surface area (Å²) in [5.41, 5.74) is -0.0492. The van der Waals surface area contributed by atoms with Crippen LogP contribution in [0.4, 0.5) is 5.95 Å². The van der Waals surface area contributed by atoms with Crippen LogP contribution in [0.3, 0.4) is 0 Å². The van der Waals surface area contributed by atoms with Crippen molar-refractivity contribution in [1.82, 2.24) is 29.3 Å². The largest absolute Gasteiger partial charge is 0.339 e. The minimum atomic E-state index is -0.382. The van der Waals surface area contributed by atoms with Crippen molar-refractivity contribution < 1.29 is 0 Å². The monoisotopic (exact) mass is 335 g/mol. The number of unbranched alkanes of at least 4 members (excludes halogenated alkanes) is 1. The molecule has 0 radical (unpaired) electrons. The molecule has 3 heterocycles. The number of piperazine rings is 1. The number of hydrogen-bond acceptors (Lipinski definition) is 6. The molecule has 1 aliphatic rings. The molecule has 0 saturated carbocycles. The van der Waals surface area contributed by atoms with Gasteiger partial charge in [-0.1, -0.05) is 13.3 Å². The van der Waals surface area contributed by atoms with Crippen molar-refractivity contribution in [2.75, 3.05) is 31.5 Å². The van der Waals surface area contributed by atoms with Gasteiger partial charge in [0.15, 0.2) is 11.2 Å². The molecule has 1 atom stereocenters. The van der Waals surface area contributed by atoms with Gasteiger partial charge >= 0.3 is 5.69 Å². The number of aromatic amines is 1. The number of aryl methyl sites for hydroxylation is 1. The second-order valence-corrected chi connectivity index (χ2v) is 6.29. The summed E-state index contributed by atoms with van der Waals surface area (Å²) in [4.78, 5) is 34.0. The zero-order valence-electron chi connectivity index (χ0n) is 14.4. The summed E-state index contributed by atoms with van der Waals surface area (Å²) in [7, 11) is 3.08. The molecule has 1 aliphatic heterocycles. The lowest BCUT2D eigenvalue weighted by Crippen LogP contribution is -2.54. The van der Waals surface area contributed by atoms with Gasteiger partial charge in [0.05, 0.1) is 6.17 Å². The molecule has 0 aromatic carbocycles. The first kappa shape index (κ1) is 16.7. The van der Waals surface area contributed by atoms with Crippen LogP contribution in [-0.4, -0.2) is 56.3 Å². The van der Waals surface area contributed by atoms with Gasteiger partial charge in [-0.05, 0) is 13.0 Å². The fourth-order valence-corrected chi connectivity index (χ4v) is 3.05. The Hall–Kier alpha value is -2.13. The van der Waals surface area contributed by atoms with Crippen molar-refractivity contribution in [2.45, 2.75) is 25.9 Å². The van der Waals surface area contributed by atoms with E-state index in [1.807, 2.05) is 0 Å². The number of H-pyrrole nitrogens is 1. The maximum absolute atomic E-state index is 12.2. The predicted octanol–water partition coefficient (Wildman–Crippen LogP) is -0.596. The van der Waals surface area contributed by atoms with Gasteiger partial charge in [0.1, 0.15) is 0 Å². The van der Waals surface area contributed by atoms with Crippen molar-refractivity contribution in [1.29, 1.82) is 0 Å². The van der Waals surface area contributed by atoms with E-state index in [0.717, 1.165) is 30.7 Å². The third-order valence-corrected chi connectivity index (χ3v) is 4.49. The molecule has 0 amide bonds. The summed E-state index contributed by atoms with van der Waals surface area (Å²) in [6, 6.07) is 0. The highest BCUT2D eigenvalue weighted by molar-refractivity contribution is 5.72. The fourth-order valence-electron chi connectivity index (χ4n) is 3.05. The SMILES string of the molecule is CCCCN1CCNC(Nc2nc3c([nH]2)c(=O)n(C)c(=O)n3C)C1. The Morgan fingerprint density at radius 2 is 2.08 bits per heavy atom. The molecule has 132 valence electrons. The van der Waals surface area contributed by atoms with Crippen molar-refractivity contribution in [3.05, 3.63) is 20.8 Å². The number of nitrogens with zero attached hydrogens (tertiary/aromatic N) is 4. The van der Waals surface area contributed by atoms with E-state index in [0.29, 0.717) is 17.1 Å². The molecule has 24 heavy (non-hydrogen) atoms. The maximum atomic E-state index is 12.2. The second kappa shape index (κ2) is 6.78. The average molecular weight is 335 g/mol. The number of rotatable bonds is 5. The highest BCUT2D eigenvalue weighted by Gasteiger charge is 2.20. The molecule has 2 aromatic rings. The van der Waals surface area contributed by atoms with Gasteiger partial charge in [-0.2, -0.15) is 4.98 Å². The molecule has 0 bridgehead atoms. The number of nitrogens with one attached hydrogen (secondary N) is 3. The summed E-state index contributed by atoms with van der Waals surface area (Å²) in [6.45, 7) is 6.09. The fraction of sp³-hybridized carbons (Fsp3) is 0.667. The lowest BCUT2D eigenvalue weighted by molar-refractivity contribution is 0.207. The molecule has 3 N–H and O–H groups in total. The number of imidazole rings is 1. The maximum Gasteiger partial charge on any atom is 0.332 e. The van der Waals surface area contributed by atoms with Gasteiger partial charge in [0.25, 0.3) is 5.56 Å². The summed E-state index contributed by atoms with van der Waals surface area (Å²) >= 11 is 0.